The van der Waals surface area contributed by atoms with Crippen LogP contribution in [-0.4, -0.2) is 19.1 Å². The first-order valence-electron chi connectivity index (χ1n) is 18.6. The molecule has 0 unspecified atom stereocenters. The summed E-state index contributed by atoms with van der Waals surface area (Å²) in [5.41, 5.74) is 11.1. The lowest BCUT2D eigenvalue weighted by Crippen LogP contribution is -2.03. The summed E-state index contributed by atoms with van der Waals surface area (Å²) in [5.74, 6) is 0.666. The van der Waals surface area contributed by atoms with Gasteiger partial charge in [-0.2, -0.15) is 0 Å². The Morgan fingerprint density at radius 1 is 0.382 bits per heavy atom. The molecule has 0 aliphatic heterocycles. The van der Waals surface area contributed by atoms with Crippen LogP contribution < -0.4 is 0 Å². The lowest BCUT2D eigenvalue weighted by molar-refractivity contribution is 1.02. The summed E-state index contributed by atoms with van der Waals surface area (Å²) in [6.45, 7) is 0. The molecule has 0 saturated heterocycles. The Bertz CT molecular complexity index is 3480. The monoisotopic (exact) mass is 718 g/mol. The summed E-state index contributed by atoms with van der Waals surface area (Å²) in [7, 11) is 0. The second-order valence-electron chi connectivity index (χ2n) is 14.1. The number of hydrogen-bond acceptors (Lipinski definition) is 3. The van der Waals surface area contributed by atoms with Gasteiger partial charge in [0.05, 0.1) is 33.3 Å². The number of para-hydroxylation sites is 3. The quantitative estimate of drug-likeness (QED) is 0.182. The molecule has 4 nitrogen and oxygen atoms in total. The Kier molecular flexibility index (Phi) is 6.47. The summed E-state index contributed by atoms with van der Waals surface area (Å²) >= 11 is 1.85. The predicted octanol–water partition coefficient (Wildman–Crippen LogP) is 13.5. The molecule has 256 valence electrons. The average Bonchev–Trinajstić information content (AvgIpc) is 3.91. The van der Waals surface area contributed by atoms with Crippen LogP contribution in [-0.2, 0) is 0 Å². The third-order valence-electron chi connectivity index (χ3n) is 11.1. The van der Waals surface area contributed by atoms with Gasteiger partial charge in [0.2, 0.25) is 5.95 Å². The van der Waals surface area contributed by atoms with Crippen molar-refractivity contribution in [2.24, 2.45) is 0 Å². The van der Waals surface area contributed by atoms with Crippen LogP contribution in [0.2, 0.25) is 0 Å². The first-order valence-corrected chi connectivity index (χ1v) is 19.4. The lowest BCUT2D eigenvalue weighted by atomic mass is 10.0. The molecule has 0 saturated carbocycles. The smallest absolute Gasteiger partial charge is 0.235 e. The fourth-order valence-electron chi connectivity index (χ4n) is 8.76. The highest BCUT2D eigenvalue weighted by atomic mass is 32.1. The third-order valence-corrected chi connectivity index (χ3v) is 12.2. The molecule has 0 aliphatic carbocycles. The number of rotatable bonds is 4. The molecule has 12 rings (SSSR count). The number of nitrogens with zero attached hydrogens (tertiary/aromatic N) is 4. The minimum atomic E-state index is 0.666. The normalized spacial score (nSPS) is 12.0. The standard InChI is InChI=1S/C50H30N4S/c1-3-14-31(15-4-1)33-18-13-19-34(30-33)53-41-24-11-8-20-35(41)37-26-28-43-45(48(37)53)46-44(55-43)29-27-38-36-21-9-12-25-42(36)54(49(38)46)50-51-40-23-10-7-22-39(40)47(52-50)32-16-5-2-6-17-32/h1-30H. The van der Waals surface area contributed by atoms with E-state index in [2.05, 4.69) is 191 Å². The van der Waals surface area contributed by atoms with Crippen molar-refractivity contribution < 1.29 is 0 Å². The molecule has 0 aliphatic rings. The van der Waals surface area contributed by atoms with E-state index in [0.717, 1.165) is 38.9 Å². The highest BCUT2D eigenvalue weighted by Gasteiger charge is 2.24. The van der Waals surface area contributed by atoms with Crippen LogP contribution in [0.3, 0.4) is 0 Å². The van der Waals surface area contributed by atoms with Gasteiger partial charge in [0.15, 0.2) is 0 Å². The number of fused-ring (bicyclic) bond motifs is 12. The average molecular weight is 719 g/mol. The minimum absolute atomic E-state index is 0.666. The first-order chi connectivity index (χ1) is 27.3. The van der Waals surface area contributed by atoms with Crippen molar-refractivity contribution in [1.29, 1.82) is 0 Å². The highest BCUT2D eigenvalue weighted by molar-refractivity contribution is 7.26. The van der Waals surface area contributed by atoms with Gasteiger partial charge in [0, 0.05) is 58.4 Å². The largest absolute Gasteiger partial charge is 0.309 e. The molecule has 0 amide bonds. The van der Waals surface area contributed by atoms with E-state index in [1.165, 1.54) is 63.9 Å². The Hall–Kier alpha value is -7.08. The minimum Gasteiger partial charge on any atom is -0.309 e. The fraction of sp³-hybridized carbons (Fsp3) is 0. The Morgan fingerprint density at radius 2 is 0.927 bits per heavy atom. The molecule has 5 heteroatoms. The summed E-state index contributed by atoms with van der Waals surface area (Å²) in [6.07, 6.45) is 0. The number of thiophene rings is 1. The van der Waals surface area contributed by atoms with Crippen LogP contribution in [0.4, 0.5) is 0 Å². The Labute approximate surface area is 319 Å². The summed E-state index contributed by atoms with van der Waals surface area (Å²) in [5, 5.41) is 8.35. The third kappa shape index (κ3) is 4.45. The maximum atomic E-state index is 5.44. The Morgan fingerprint density at radius 3 is 1.62 bits per heavy atom. The maximum Gasteiger partial charge on any atom is 0.235 e. The van der Waals surface area contributed by atoms with Crippen molar-refractivity contribution in [2.75, 3.05) is 0 Å². The van der Waals surface area contributed by atoms with E-state index < -0.39 is 0 Å². The van der Waals surface area contributed by atoms with Gasteiger partial charge < -0.3 is 4.57 Å². The summed E-state index contributed by atoms with van der Waals surface area (Å²) in [6, 6.07) is 65.2. The van der Waals surface area contributed by atoms with Crippen molar-refractivity contribution in [1.82, 2.24) is 19.1 Å². The van der Waals surface area contributed by atoms with Gasteiger partial charge in [-0.3, -0.25) is 4.57 Å². The molecule has 4 aromatic heterocycles. The van der Waals surface area contributed by atoms with Crippen LogP contribution in [0, 0.1) is 0 Å². The molecule has 8 aromatic carbocycles. The van der Waals surface area contributed by atoms with Gasteiger partial charge in [0.25, 0.3) is 0 Å². The zero-order valence-corrected chi connectivity index (χ0v) is 30.3. The zero-order valence-electron chi connectivity index (χ0n) is 29.5. The van der Waals surface area contributed by atoms with E-state index in [-0.39, 0.29) is 0 Å². The second-order valence-corrected chi connectivity index (χ2v) is 15.2. The van der Waals surface area contributed by atoms with Crippen molar-refractivity contribution >= 4 is 86.0 Å². The fourth-order valence-corrected chi connectivity index (χ4v) is 9.87. The van der Waals surface area contributed by atoms with Gasteiger partial charge in [-0.15, -0.1) is 11.3 Å². The van der Waals surface area contributed by atoms with Gasteiger partial charge in [-0.1, -0.05) is 140 Å². The van der Waals surface area contributed by atoms with Crippen LogP contribution in [0.5, 0.6) is 0 Å². The molecule has 4 heterocycles. The summed E-state index contributed by atoms with van der Waals surface area (Å²) < 4.78 is 7.29. The molecule has 0 radical (unpaired) electrons. The van der Waals surface area contributed by atoms with Gasteiger partial charge in [-0.05, 0) is 53.6 Å². The topological polar surface area (TPSA) is 35.6 Å². The second kappa shape index (κ2) is 11.7. The molecule has 12 aromatic rings. The van der Waals surface area contributed by atoms with Crippen molar-refractivity contribution in [3.8, 4) is 34.0 Å². The van der Waals surface area contributed by atoms with E-state index in [1.54, 1.807) is 0 Å². The van der Waals surface area contributed by atoms with Crippen LogP contribution >= 0.6 is 11.3 Å². The molecular formula is C50H30N4S. The van der Waals surface area contributed by atoms with Crippen molar-refractivity contribution in [3.05, 3.63) is 182 Å². The maximum absolute atomic E-state index is 5.44. The van der Waals surface area contributed by atoms with Crippen molar-refractivity contribution in [2.45, 2.75) is 0 Å². The van der Waals surface area contributed by atoms with Gasteiger partial charge in [-0.25, -0.2) is 9.97 Å². The van der Waals surface area contributed by atoms with E-state index in [4.69, 9.17) is 9.97 Å². The molecule has 0 spiro atoms. The van der Waals surface area contributed by atoms with Crippen LogP contribution in [0.15, 0.2) is 182 Å². The lowest BCUT2D eigenvalue weighted by Gasteiger charge is -2.13. The molecule has 0 atom stereocenters. The molecular weight excluding hydrogens is 689 g/mol. The van der Waals surface area contributed by atoms with E-state index in [0.29, 0.717) is 5.95 Å². The highest BCUT2D eigenvalue weighted by Crippen LogP contribution is 2.47. The first kappa shape index (κ1) is 30.4. The van der Waals surface area contributed by atoms with Crippen LogP contribution in [0.1, 0.15) is 0 Å². The number of benzene rings is 8. The van der Waals surface area contributed by atoms with Gasteiger partial charge >= 0.3 is 0 Å². The van der Waals surface area contributed by atoms with Crippen LogP contribution in [0.25, 0.3) is 109 Å². The zero-order chi connectivity index (χ0) is 36.0. The number of hydrogen-bond donors (Lipinski definition) is 0. The predicted molar refractivity (Wildman–Crippen MR) is 232 cm³/mol. The van der Waals surface area contributed by atoms with E-state index in [1.807, 2.05) is 11.3 Å². The molecule has 0 bridgehead atoms. The SMILES string of the molecule is c1ccc(-c2cccc(-n3c4ccccc4c4ccc5sc6ccc7c8ccccc8n(-c8nc(-c9ccccc9)c9ccccc9n8)c7c6c5c43)c2)cc1. The number of aromatic nitrogens is 4. The van der Waals surface area contributed by atoms with Gasteiger partial charge in [0.1, 0.15) is 0 Å². The molecule has 0 N–H and O–H groups in total. The molecule has 0 fully saturated rings. The Balaban J connectivity index is 1.26. The summed E-state index contributed by atoms with van der Waals surface area (Å²) in [4.78, 5) is 10.8. The molecule has 55 heavy (non-hydrogen) atoms. The van der Waals surface area contributed by atoms with Crippen molar-refractivity contribution in [3.63, 3.8) is 0 Å². The van der Waals surface area contributed by atoms with E-state index in [9.17, 15) is 0 Å². The van der Waals surface area contributed by atoms with E-state index >= 15 is 0 Å².